The Bertz CT molecular complexity index is 570. The summed E-state index contributed by atoms with van der Waals surface area (Å²) in [4.78, 5) is 0. The van der Waals surface area contributed by atoms with Gasteiger partial charge in [-0.15, -0.1) is 0 Å². The zero-order chi connectivity index (χ0) is 19.4. The first kappa shape index (κ1) is 18.4. The van der Waals surface area contributed by atoms with Gasteiger partial charge in [0.2, 0.25) is 0 Å². The van der Waals surface area contributed by atoms with Crippen molar-refractivity contribution in [3.05, 3.63) is 0 Å². The molecule has 8 atom stereocenters. The summed E-state index contributed by atoms with van der Waals surface area (Å²) >= 11 is 0. The van der Waals surface area contributed by atoms with Crippen LogP contribution in [0.25, 0.3) is 0 Å². The van der Waals surface area contributed by atoms with E-state index >= 15 is 0 Å². The lowest BCUT2D eigenvalue weighted by Crippen LogP contribution is -2.40. The van der Waals surface area contributed by atoms with Gasteiger partial charge in [0.15, 0.2) is 0 Å². The molecule has 0 heteroatoms. The number of hydrogen-bond acceptors (Lipinski definition) is 0. The van der Waals surface area contributed by atoms with E-state index in [0.29, 0.717) is 0 Å². The van der Waals surface area contributed by atoms with Crippen LogP contribution in [0.5, 0.6) is 0 Å². The van der Waals surface area contributed by atoms with Gasteiger partial charge < -0.3 is 0 Å². The van der Waals surface area contributed by atoms with Gasteiger partial charge in [-0.1, -0.05) is 51.4 Å². The Labute approximate surface area is 185 Å². The predicted molar refractivity (Wildman–Crippen MR) is 123 cm³/mol. The molecule has 8 fully saturated rings. The normalized spacial score (nSPS) is 63.2. The Balaban J connectivity index is 1.08. The maximum absolute atomic E-state index is 1.70. The van der Waals surface area contributed by atoms with Gasteiger partial charge in [-0.25, -0.2) is 0 Å². The number of rotatable bonds is 0. The van der Waals surface area contributed by atoms with E-state index in [1.165, 1.54) is 59.2 Å². The maximum atomic E-state index is 1.70. The second kappa shape index (κ2) is 6.76. The summed E-state index contributed by atoms with van der Waals surface area (Å²) in [6, 6.07) is 0. The van der Waals surface area contributed by atoms with Crippen molar-refractivity contribution in [3.63, 3.8) is 0 Å². The van der Waals surface area contributed by atoms with E-state index < -0.39 is 0 Å². The van der Waals surface area contributed by atoms with Crippen molar-refractivity contribution < 1.29 is 0 Å². The minimum absolute atomic E-state index is 1.16. The fourth-order valence-electron chi connectivity index (χ4n) is 13.4. The van der Waals surface area contributed by atoms with Crippen molar-refractivity contribution in [1.82, 2.24) is 0 Å². The quantitative estimate of drug-likeness (QED) is 0.383. The Morgan fingerprint density at radius 1 is 0.267 bits per heavy atom. The molecule has 0 aromatic rings. The Morgan fingerprint density at radius 3 is 0.867 bits per heavy atom. The SMILES string of the molecule is C1CC2CCCC3C4CC5CC6C(CC5CC4C(C1)C23)C1CCCC2CCCC6C21. The largest absolute Gasteiger partial charge is 0.0527 e. The van der Waals surface area contributed by atoms with Crippen molar-refractivity contribution in [2.24, 2.45) is 82.9 Å². The van der Waals surface area contributed by atoms with E-state index in [4.69, 9.17) is 0 Å². The third-order valence-corrected chi connectivity index (χ3v) is 13.8. The average molecular weight is 407 g/mol. The molecule has 0 saturated heterocycles. The van der Waals surface area contributed by atoms with E-state index in [-0.39, 0.29) is 0 Å². The first-order chi connectivity index (χ1) is 14.9. The minimum atomic E-state index is 1.16. The summed E-state index contributed by atoms with van der Waals surface area (Å²) in [6.45, 7) is 0. The van der Waals surface area contributed by atoms with Gasteiger partial charge in [-0.3, -0.25) is 0 Å². The number of hydrogen-bond donors (Lipinski definition) is 0. The lowest BCUT2D eigenvalue weighted by Gasteiger charge is -2.49. The first-order valence-corrected chi connectivity index (χ1v) is 14.9. The fraction of sp³-hybridized carbons (Fsp3) is 1.00. The molecule has 0 N–H and O–H groups in total. The molecule has 0 amide bonds. The Kier molecular flexibility index (Phi) is 4.15. The maximum Gasteiger partial charge on any atom is -0.0324 e. The summed E-state index contributed by atoms with van der Waals surface area (Å²) in [7, 11) is 0. The Hall–Kier alpha value is 0. The van der Waals surface area contributed by atoms with Gasteiger partial charge in [0.05, 0.1) is 0 Å². The molecule has 8 rings (SSSR count). The van der Waals surface area contributed by atoms with Crippen LogP contribution in [0.3, 0.4) is 0 Å². The molecule has 0 nitrogen and oxygen atoms in total. The van der Waals surface area contributed by atoms with E-state index in [0.717, 1.165) is 23.7 Å². The molecule has 0 radical (unpaired) electrons. The minimum Gasteiger partial charge on any atom is -0.0527 e. The molecule has 166 valence electrons. The molecule has 8 unspecified atom stereocenters. The molecule has 0 spiro atoms. The lowest BCUT2D eigenvalue weighted by molar-refractivity contribution is 0.00629. The third-order valence-electron chi connectivity index (χ3n) is 13.8. The molecule has 30 heavy (non-hydrogen) atoms. The summed E-state index contributed by atoms with van der Waals surface area (Å²) in [5, 5.41) is 0. The average Bonchev–Trinajstić information content (AvgIpc) is 3.27. The summed E-state index contributed by atoms with van der Waals surface area (Å²) in [6.07, 6.45) is 26.2. The molecular formula is C30H46. The van der Waals surface area contributed by atoms with Crippen LogP contribution in [0.4, 0.5) is 0 Å². The summed E-state index contributed by atoms with van der Waals surface area (Å²) in [5.41, 5.74) is 0. The molecule has 8 aliphatic rings. The smallest absolute Gasteiger partial charge is 0.0324 e. The molecular weight excluding hydrogens is 360 g/mol. The zero-order valence-electron chi connectivity index (χ0n) is 19.4. The van der Waals surface area contributed by atoms with Crippen molar-refractivity contribution in [3.8, 4) is 0 Å². The molecule has 0 aromatic heterocycles. The van der Waals surface area contributed by atoms with Crippen molar-refractivity contribution >= 4 is 0 Å². The molecule has 0 bridgehead atoms. The third kappa shape index (κ3) is 2.41. The van der Waals surface area contributed by atoms with Gasteiger partial charge in [0.1, 0.15) is 0 Å². The van der Waals surface area contributed by atoms with Crippen LogP contribution < -0.4 is 0 Å². The van der Waals surface area contributed by atoms with Crippen LogP contribution in [0.2, 0.25) is 0 Å². The van der Waals surface area contributed by atoms with Gasteiger partial charge in [-0.2, -0.15) is 0 Å². The second-order valence-electron chi connectivity index (χ2n) is 14.2. The molecule has 0 heterocycles. The van der Waals surface area contributed by atoms with Crippen LogP contribution >= 0.6 is 0 Å². The highest BCUT2D eigenvalue weighted by Crippen LogP contribution is 2.69. The standard InChI is InChI=1S/C30H46/c1-5-17-6-2-10-22-26-14-20-16-28-24-12-4-8-18-7-3-11-23(30(18)24)27(28)15-19(20)13-25(26)21(9-1)29(17)22/h17-30H,1-16H2. The van der Waals surface area contributed by atoms with Crippen molar-refractivity contribution in [2.45, 2.75) is 103 Å². The van der Waals surface area contributed by atoms with Gasteiger partial charge in [0, 0.05) is 0 Å². The van der Waals surface area contributed by atoms with Gasteiger partial charge >= 0.3 is 0 Å². The summed E-state index contributed by atoms with van der Waals surface area (Å²) in [5.74, 6) is 16.5. The van der Waals surface area contributed by atoms with E-state index in [1.54, 1.807) is 103 Å². The predicted octanol–water partition coefficient (Wildman–Crippen LogP) is 7.96. The molecule has 8 aliphatic carbocycles. The van der Waals surface area contributed by atoms with Gasteiger partial charge in [0.25, 0.3) is 0 Å². The topological polar surface area (TPSA) is 0 Å². The lowest BCUT2D eigenvalue weighted by atomic mass is 9.56. The highest BCUT2D eigenvalue weighted by Gasteiger charge is 2.61. The van der Waals surface area contributed by atoms with Crippen LogP contribution in [0, 0.1) is 82.9 Å². The van der Waals surface area contributed by atoms with Crippen LogP contribution in [-0.2, 0) is 0 Å². The van der Waals surface area contributed by atoms with Crippen LogP contribution in [0.1, 0.15) is 103 Å². The summed E-state index contributed by atoms with van der Waals surface area (Å²) < 4.78 is 0. The van der Waals surface area contributed by atoms with Gasteiger partial charge in [-0.05, 0) is 134 Å². The monoisotopic (exact) mass is 406 g/mol. The van der Waals surface area contributed by atoms with Crippen LogP contribution in [0.15, 0.2) is 0 Å². The Morgan fingerprint density at radius 2 is 0.567 bits per heavy atom. The second-order valence-corrected chi connectivity index (χ2v) is 14.2. The molecule has 0 aliphatic heterocycles. The van der Waals surface area contributed by atoms with Crippen molar-refractivity contribution in [1.29, 1.82) is 0 Å². The van der Waals surface area contributed by atoms with E-state index in [9.17, 15) is 0 Å². The van der Waals surface area contributed by atoms with Crippen molar-refractivity contribution in [2.75, 3.05) is 0 Å². The van der Waals surface area contributed by atoms with Crippen LogP contribution in [-0.4, -0.2) is 0 Å². The fourth-order valence-corrected chi connectivity index (χ4v) is 13.4. The highest BCUT2D eigenvalue weighted by atomic mass is 14.7. The van der Waals surface area contributed by atoms with E-state index in [1.807, 2.05) is 0 Å². The highest BCUT2D eigenvalue weighted by molar-refractivity contribution is 5.10. The number of fused-ring (bicyclic) bond motifs is 7. The van der Waals surface area contributed by atoms with E-state index in [2.05, 4.69) is 0 Å². The molecule has 8 saturated carbocycles. The molecule has 0 aromatic carbocycles. The first-order valence-electron chi connectivity index (χ1n) is 14.9. The zero-order valence-corrected chi connectivity index (χ0v) is 19.4.